The van der Waals surface area contributed by atoms with Gasteiger partial charge in [-0.05, 0) is 106 Å². The molecule has 5 rings (SSSR count). The summed E-state index contributed by atoms with van der Waals surface area (Å²) in [4.78, 5) is 2.69. The molecular weight excluding hydrogens is 384 g/mol. The van der Waals surface area contributed by atoms with Crippen molar-refractivity contribution in [1.82, 2.24) is 4.90 Å². The molecule has 1 aromatic carbocycles. The molecule has 0 aliphatic heterocycles. The summed E-state index contributed by atoms with van der Waals surface area (Å²) >= 11 is 0. The minimum absolute atomic E-state index is 0.223. The first-order valence-electron chi connectivity index (χ1n) is 12.2. The average molecular weight is 425 g/mol. The molecule has 0 amide bonds. The predicted octanol–water partition coefficient (Wildman–Crippen LogP) is 5.80. The zero-order chi connectivity index (χ0) is 22.2. The molecule has 0 spiro atoms. The first-order chi connectivity index (χ1) is 14.9. The lowest BCUT2D eigenvalue weighted by Crippen LogP contribution is -2.59. The van der Waals surface area contributed by atoms with Crippen molar-refractivity contribution >= 4 is 0 Å². The second-order valence-electron chi connectivity index (χ2n) is 11.0. The molecule has 170 valence electrons. The Bertz CT molecular complexity index is 792. The molecule has 4 nitrogen and oxygen atoms in total. The van der Waals surface area contributed by atoms with Gasteiger partial charge in [-0.1, -0.05) is 19.9 Å². The Morgan fingerprint density at radius 3 is 2.13 bits per heavy atom. The highest BCUT2D eigenvalue weighted by Gasteiger charge is 2.52. The third kappa shape index (κ3) is 3.95. The van der Waals surface area contributed by atoms with E-state index in [-0.39, 0.29) is 5.92 Å². The molecule has 1 aromatic rings. The summed E-state index contributed by atoms with van der Waals surface area (Å²) in [6.45, 7) is 5.42. The lowest BCUT2D eigenvalue weighted by molar-refractivity contribution is -0.0795. The second kappa shape index (κ2) is 8.66. The fourth-order valence-corrected chi connectivity index (χ4v) is 7.49. The zero-order valence-corrected chi connectivity index (χ0v) is 20.1. The number of hydrogen-bond acceptors (Lipinski definition) is 4. The summed E-state index contributed by atoms with van der Waals surface area (Å²) in [7, 11) is 5.66. The number of ether oxygens (including phenoxy) is 2. The van der Waals surface area contributed by atoms with Crippen molar-refractivity contribution in [3.8, 4) is 17.6 Å². The van der Waals surface area contributed by atoms with E-state index >= 15 is 0 Å². The van der Waals surface area contributed by atoms with Crippen LogP contribution in [-0.4, -0.2) is 38.3 Å². The van der Waals surface area contributed by atoms with Crippen LogP contribution in [0.25, 0.3) is 0 Å². The molecule has 0 N–H and O–H groups in total. The number of rotatable bonds is 9. The van der Waals surface area contributed by atoms with Gasteiger partial charge in [0, 0.05) is 5.54 Å². The molecule has 1 unspecified atom stereocenters. The maximum Gasteiger partial charge on any atom is 0.161 e. The van der Waals surface area contributed by atoms with E-state index in [0.29, 0.717) is 17.0 Å². The summed E-state index contributed by atoms with van der Waals surface area (Å²) in [5, 5.41) is 10.3. The van der Waals surface area contributed by atoms with Crippen LogP contribution in [0.4, 0.5) is 0 Å². The molecule has 0 aromatic heterocycles. The molecule has 0 radical (unpaired) electrons. The smallest absolute Gasteiger partial charge is 0.161 e. The van der Waals surface area contributed by atoms with E-state index in [1.165, 1.54) is 38.5 Å². The maximum absolute atomic E-state index is 10.3. The SMILES string of the molecule is COc1ccc(C(C#N)(CCCN(C)C23CC4CC(CC(C4)C2)C3)C(C)C)cc1OC. The first-order valence-corrected chi connectivity index (χ1v) is 12.2. The number of nitrogens with zero attached hydrogens (tertiary/aromatic N) is 2. The van der Waals surface area contributed by atoms with Crippen LogP contribution in [-0.2, 0) is 5.41 Å². The van der Waals surface area contributed by atoms with Gasteiger partial charge < -0.3 is 14.4 Å². The standard InChI is InChI=1S/C27H40N2O2/c1-19(2)27(18-28,23-7-8-24(30-4)25(14-23)31-5)9-6-10-29(3)26-15-20-11-21(16-26)13-22(12-20)17-26/h7-8,14,19-22H,6,9-13,15-17H2,1-5H3. The average Bonchev–Trinajstić information content (AvgIpc) is 2.75. The van der Waals surface area contributed by atoms with Crippen molar-refractivity contribution in [3.63, 3.8) is 0 Å². The fourth-order valence-electron chi connectivity index (χ4n) is 7.49. The third-order valence-corrected chi connectivity index (χ3v) is 8.96. The normalized spacial score (nSPS) is 31.0. The summed E-state index contributed by atoms with van der Waals surface area (Å²) in [6.07, 6.45) is 10.6. The molecule has 4 bridgehead atoms. The molecule has 31 heavy (non-hydrogen) atoms. The largest absolute Gasteiger partial charge is 0.493 e. The van der Waals surface area contributed by atoms with Crippen molar-refractivity contribution in [3.05, 3.63) is 23.8 Å². The topological polar surface area (TPSA) is 45.5 Å². The van der Waals surface area contributed by atoms with Gasteiger partial charge >= 0.3 is 0 Å². The molecular formula is C27H40N2O2. The lowest BCUT2D eigenvalue weighted by atomic mass is 9.52. The molecule has 1 atom stereocenters. The van der Waals surface area contributed by atoms with Crippen LogP contribution in [0.3, 0.4) is 0 Å². The Morgan fingerprint density at radius 2 is 1.65 bits per heavy atom. The van der Waals surface area contributed by atoms with Gasteiger partial charge in [0.05, 0.1) is 25.7 Å². The van der Waals surface area contributed by atoms with Crippen LogP contribution in [0.5, 0.6) is 11.5 Å². The highest BCUT2D eigenvalue weighted by molar-refractivity contribution is 5.47. The quantitative estimate of drug-likeness (QED) is 0.502. The molecule has 4 fully saturated rings. The van der Waals surface area contributed by atoms with Gasteiger partial charge in [-0.15, -0.1) is 0 Å². The van der Waals surface area contributed by atoms with Crippen molar-refractivity contribution in [2.24, 2.45) is 23.7 Å². The summed E-state index contributed by atoms with van der Waals surface area (Å²) in [5.41, 5.74) is 0.965. The number of hydrogen-bond donors (Lipinski definition) is 0. The minimum atomic E-state index is -0.512. The van der Waals surface area contributed by atoms with E-state index in [1.807, 2.05) is 18.2 Å². The number of nitriles is 1. The fraction of sp³-hybridized carbons (Fsp3) is 0.741. The van der Waals surface area contributed by atoms with Gasteiger partial charge in [0.15, 0.2) is 11.5 Å². The van der Waals surface area contributed by atoms with E-state index in [4.69, 9.17) is 9.47 Å². The van der Waals surface area contributed by atoms with E-state index in [9.17, 15) is 5.26 Å². The summed E-state index contributed by atoms with van der Waals surface area (Å²) in [5.74, 6) is 4.53. The summed E-state index contributed by atoms with van der Waals surface area (Å²) in [6, 6.07) is 8.70. The Morgan fingerprint density at radius 1 is 1.06 bits per heavy atom. The van der Waals surface area contributed by atoms with Crippen LogP contribution in [0.2, 0.25) is 0 Å². The predicted molar refractivity (Wildman–Crippen MR) is 124 cm³/mol. The van der Waals surface area contributed by atoms with Crippen LogP contribution in [0.1, 0.15) is 70.8 Å². The van der Waals surface area contributed by atoms with Gasteiger partial charge in [0.2, 0.25) is 0 Å². The van der Waals surface area contributed by atoms with Crippen LogP contribution >= 0.6 is 0 Å². The molecule has 0 heterocycles. The Hall–Kier alpha value is -1.73. The maximum atomic E-state index is 10.3. The Balaban J connectivity index is 1.47. The minimum Gasteiger partial charge on any atom is -0.493 e. The number of methoxy groups -OCH3 is 2. The summed E-state index contributed by atoms with van der Waals surface area (Å²) < 4.78 is 10.9. The molecule has 4 heteroatoms. The molecule has 4 aliphatic carbocycles. The number of benzene rings is 1. The van der Waals surface area contributed by atoms with Crippen LogP contribution in [0, 0.1) is 35.0 Å². The highest BCUT2D eigenvalue weighted by Crippen LogP contribution is 2.57. The zero-order valence-electron chi connectivity index (χ0n) is 20.1. The third-order valence-electron chi connectivity index (χ3n) is 8.96. The van der Waals surface area contributed by atoms with Gasteiger partial charge in [0.1, 0.15) is 0 Å². The van der Waals surface area contributed by atoms with Gasteiger partial charge in [-0.25, -0.2) is 0 Å². The lowest BCUT2D eigenvalue weighted by Gasteiger charge is -2.60. The van der Waals surface area contributed by atoms with E-state index < -0.39 is 5.41 Å². The van der Waals surface area contributed by atoms with Crippen LogP contribution < -0.4 is 9.47 Å². The van der Waals surface area contributed by atoms with E-state index in [0.717, 1.165) is 42.7 Å². The van der Waals surface area contributed by atoms with Crippen molar-refractivity contribution < 1.29 is 9.47 Å². The van der Waals surface area contributed by atoms with Crippen molar-refractivity contribution in [1.29, 1.82) is 5.26 Å². The van der Waals surface area contributed by atoms with Crippen LogP contribution in [0.15, 0.2) is 18.2 Å². The Kier molecular flexibility index (Phi) is 6.28. The molecule has 0 saturated heterocycles. The Labute approximate surface area is 188 Å². The van der Waals surface area contributed by atoms with Crippen molar-refractivity contribution in [2.75, 3.05) is 27.8 Å². The second-order valence-corrected chi connectivity index (χ2v) is 11.0. The van der Waals surface area contributed by atoms with Gasteiger partial charge in [0.25, 0.3) is 0 Å². The van der Waals surface area contributed by atoms with E-state index in [2.05, 4.69) is 31.9 Å². The van der Waals surface area contributed by atoms with Gasteiger partial charge in [-0.2, -0.15) is 5.26 Å². The van der Waals surface area contributed by atoms with E-state index in [1.54, 1.807) is 14.2 Å². The molecule has 4 saturated carbocycles. The molecule has 4 aliphatic rings. The van der Waals surface area contributed by atoms with Crippen molar-refractivity contribution in [2.45, 2.75) is 76.2 Å². The highest BCUT2D eigenvalue weighted by atomic mass is 16.5. The first kappa shape index (κ1) is 22.5. The van der Waals surface area contributed by atoms with Gasteiger partial charge in [-0.3, -0.25) is 0 Å². The monoisotopic (exact) mass is 424 g/mol.